The second kappa shape index (κ2) is 11.0. The minimum Gasteiger partial charge on any atom is -0.379 e. The van der Waals surface area contributed by atoms with E-state index in [2.05, 4.69) is 12.2 Å². The molecule has 0 radical (unpaired) electrons. The Labute approximate surface area is 105 Å². The van der Waals surface area contributed by atoms with E-state index in [-0.39, 0.29) is 0 Å². The lowest BCUT2D eigenvalue weighted by Crippen LogP contribution is -2.42. The van der Waals surface area contributed by atoms with E-state index in [0.717, 1.165) is 38.6 Å². The Balaban J connectivity index is 1.64. The molecule has 1 heterocycles. The van der Waals surface area contributed by atoms with Crippen molar-refractivity contribution in [1.29, 1.82) is 0 Å². The predicted molar refractivity (Wildman–Crippen MR) is 68.3 cm³/mol. The molecule has 0 aliphatic carbocycles. The van der Waals surface area contributed by atoms with E-state index in [1.54, 1.807) is 0 Å². The molecule has 0 atom stereocenters. The van der Waals surface area contributed by atoms with E-state index in [4.69, 9.17) is 14.2 Å². The average molecular weight is 245 g/mol. The van der Waals surface area contributed by atoms with E-state index in [9.17, 15) is 0 Å². The van der Waals surface area contributed by atoms with Gasteiger partial charge in [-0.25, -0.2) is 0 Å². The first kappa shape index (κ1) is 14.9. The smallest absolute Gasteiger partial charge is 0.0701 e. The number of rotatable bonds is 12. The summed E-state index contributed by atoms with van der Waals surface area (Å²) >= 11 is 0. The number of hydrogen-bond donors (Lipinski definition) is 1. The summed E-state index contributed by atoms with van der Waals surface area (Å²) in [7, 11) is 0. The van der Waals surface area contributed by atoms with Gasteiger partial charge < -0.3 is 19.5 Å². The number of hydrogen-bond acceptors (Lipinski definition) is 4. The molecule has 17 heavy (non-hydrogen) atoms. The highest BCUT2D eigenvalue weighted by Crippen LogP contribution is 2.07. The molecule has 1 fully saturated rings. The molecule has 0 spiro atoms. The fraction of sp³-hybridized carbons (Fsp3) is 1.00. The highest BCUT2D eigenvalue weighted by molar-refractivity contribution is 4.73. The summed E-state index contributed by atoms with van der Waals surface area (Å²) < 4.78 is 16.3. The fourth-order valence-electron chi connectivity index (χ4n) is 1.59. The van der Waals surface area contributed by atoms with Crippen molar-refractivity contribution in [3.05, 3.63) is 0 Å². The average Bonchev–Trinajstić information content (AvgIpc) is 2.28. The van der Waals surface area contributed by atoms with Crippen LogP contribution in [0.4, 0.5) is 0 Å². The van der Waals surface area contributed by atoms with Crippen LogP contribution in [0.3, 0.4) is 0 Å². The van der Waals surface area contributed by atoms with Crippen molar-refractivity contribution in [2.75, 3.05) is 52.7 Å². The molecule has 4 heteroatoms. The zero-order chi connectivity index (χ0) is 12.2. The first-order valence-electron chi connectivity index (χ1n) is 6.87. The maximum Gasteiger partial charge on any atom is 0.0701 e. The monoisotopic (exact) mass is 245 g/mol. The molecule has 0 bridgehead atoms. The summed E-state index contributed by atoms with van der Waals surface area (Å²) in [5, 5.41) is 3.26. The van der Waals surface area contributed by atoms with Crippen LogP contribution in [-0.4, -0.2) is 52.7 Å². The minimum atomic E-state index is 0.680. The molecule has 0 unspecified atom stereocenters. The first-order valence-corrected chi connectivity index (χ1v) is 6.87. The van der Waals surface area contributed by atoms with Gasteiger partial charge >= 0.3 is 0 Å². The van der Waals surface area contributed by atoms with Crippen molar-refractivity contribution in [2.45, 2.75) is 26.2 Å². The topological polar surface area (TPSA) is 39.7 Å². The van der Waals surface area contributed by atoms with Crippen LogP contribution in [0.1, 0.15) is 26.2 Å². The zero-order valence-corrected chi connectivity index (χ0v) is 11.1. The molecule has 1 rings (SSSR count). The van der Waals surface area contributed by atoms with Crippen LogP contribution >= 0.6 is 0 Å². The molecular weight excluding hydrogens is 218 g/mol. The van der Waals surface area contributed by atoms with Crippen molar-refractivity contribution < 1.29 is 14.2 Å². The highest BCUT2D eigenvalue weighted by Gasteiger charge is 2.15. The molecule has 0 aromatic carbocycles. The second-order valence-corrected chi connectivity index (χ2v) is 4.50. The predicted octanol–water partition coefficient (Wildman–Crippen LogP) is 1.45. The molecule has 0 amide bonds. The fourth-order valence-corrected chi connectivity index (χ4v) is 1.59. The Morgan fingerprint density at radius 3 is 2.00 bits per heavy atom. The largest absolute Gasteiger partial charge is 0.379 e. The van der Waals surface area contributed by atoms with Gasteiger partial charge in [0, 0.05) is 13.2 Å². The standard InChI is InChI=1S/C13H27NO3/c1-2-3-5-15-7-9-17-10-8-16-6-4-13-11-14-12-13/h13-14H,2-12H2,1H3. The lowest BCUT2D eigenvalue weighted by molar-refractivity contribution is 0.0108. The summed E-state index contributed by atoms with van der Waals surface area (Å²) in [6.07, 6.45) is 3.50. The van der Waals surface area contributed by atoms with E-state index in [0.29, 0.717) is 26.4 Å². The maximum atomic E-state index is 5.49. The van der Waals surface area contributed by atoms with Crippen LogP contribution in [0.5, 0.6) is 0 Å². The molecule has 0 aromatic rings. The summed E-state index contributed by atoms with van der Waals surface area (Å²) in [4.78, 5) is 0. The van der Waals surface area contributed by atoms with Crippen LogP contribution < -0.4 is 5.32 Å². The van der Waals surface area contributed by atoms with Crippen molar-refractivity contribution in [3.8, 4) is 0 Å². The van der Waals surface area contributed by atoms with Gasteiger partial charge in [-0.05, 0) is 31.8 Å². The maximum absolute atomic E-state index is 5.49. The van der Waals surface area contributed by atoms with Crippen LogP contribution in [0.15, 0.2) is 0 Å². The van der Waals surface area contributed by atoms with Crippen molar-refractivity contribution in [1.82, 2.24) is 5.32 Å². The Bertz CT molecular complexity index is 163. The Morgan fingerprint density at radius 1 is 0.882 bits per heavy atom. The second-order valence-electron chi connectivity index (χ2n) is 4.50. The van der Waals surface area contributed by atoms with E-state index in [1.165, 1.54) is 12.8 Å². The van der Waals surface area contributed by atoms with Gasteiger partial charge in [-0.2, -0.15) is 0 Å². The summed E-state index contributed by atoms with van der Waals surface area (Å²) in [6, 6.07) is 0. The van der Waals surface area contributed by atoms with Gasteiger partial charge in [0.25, 0.3) is 0 Å². The van der Waals surface area contributed by atoms with E-state index >= 15 is 0 Å². The zero-order valence-electron chi connectivity index (χ0n) is 11.1. The third-order valence-corrected chi connectivity index (χ3v) is 2.92. The van der Waals surface area contributed by atoms with E-state index in [1.807, 2.05) is 0 Å². The highest BCUT2D eigenvalue weighted by atomic mass is 16.5. The van der Waals surface area contributed by atoms with Crippen molar-refractivity contribution >= 4 is 0 Å². The molecule has 0 aromatic heterocycles. The van der Waals surface area contributed by atoms with Gasteiger partial charge in [0.1, 0.15) is 0 Å². The van der Waals surface area contributed by atoms with Crippen LogP contribution in [-0.2, 0) is 14.2 Å². The normalized spacial score (nSPS) is 16.1. The Kier molecular flexibility index (Phi) is 9.61. The summed E-state index contributed by atoms with van der Waals surface area (Å²) in [6.45, 7) is 8.97. The SMILES string of the molecule is CCCCOCCOCCOCCC1CNC1. The summed E-state index contributed by atoms with van der Waals surface area (Å²) in [5.74, 6) is 0.836. The van der Waals surface area contributed by atoms with Crippen LogP contribution in [0.25, 0.3) is 0 Å². The molecule has 102 valence electrons. The van der Waals surface area contributed by atoms with Gasteiger partial charge in [-0.3, -0.25) is 0 Å². The molecule has 1 saturated heterocycles. The lowest BCUT2D eigenvalue weighted by Gasteiger charge is -2.26. The number of ether oxygens (including phenoxy) is 3. The van der Waals surface area contributed by atoms with Crippen molar-refractivity contribution in [3.63, 3.8) is 0 Å². The van der Waals surface area contributed by atoms with Crippen LogP contribution in [0.2, 0.25) is 0 Å². The Hall–Kier alpha value is -0.160. The molecule has 0 saturated carbocycles. The third-order valence-electron chi connectivity index (χ3n) is 2.92. The molecule has 1 aliphatic heterocycles. The molecular formula is C13H27NO3. The first-order chi connectivity index (χ1) is 8.43. The number of unbranched alkanes of at least 4 members (excludes halogenated alkanes) is 1. The summed E-state index contributed by atoms with van der Waals surface area (Å²) in [5.41, 5.74) is 0. The Morgan fingerprint density at radius 2 is 1.47 bits per heavy atom. The third kappa shape index (κ3) is 8.55. The lowest BCUT2D eigenvalue weighted by atomic mass is 10.0. The van der Waals surface area contributed by atoms with Crippen molar-refractivity contribution in [2.24, 2.45) is 5.92 Å². The van der Waals surface area contributed by atoms with Gasteiger partial charge in [-0.1, -0.05) is 13.3 Å². The molecule has 4 nitrogen and oxygen atoms in total. The van der Waals surface area contributed by atoms with Crippen LogP contribution in [0, 0.1) is 5.92 Å². The quantitative estimate of drug-likeness (QED) is 0.528. The van der Waals surface area contributed by atoms with Gasteiger partial charge in [0.2, 0.25) is 0 Å². The van der Waals surface area contributed by atoms with Gasteiger partial charge in [0.05, 0.1) is 26.4 Å². The number of nitrogens with one attached hydrogen (secondary N) is 1. The molecule has 1 aliphatic rings. The molecule has 1 N–H and O–H groups in total. The minimum absolute atomic E-state index is 0.680. The van der Waals surface area contributed by atoms with E-state index < -0.39 is 0 Å². The van der Waals surface area contributed by atoms with Gasteiger partial charge in [0.15, 0.2) is 0 Å². The van der Waals surface area contributed by atoms with Gasteiger partial charge in [-0.15, -0.1) is 0 Å².